The normalized spacial score (nSPS) is 11.1. The molecule has 0 unspecified atom stereocenters. The number of halogens is 1. The number of sulfonamides is 1. The van der Waals surface area contributed by atoms with Gasteiger partial charge in [0.25, 0.3) is 15.9 Å². The van der Waals surface area contributed by atoms with Gasteiger partial charge in [-0.25, -0.2) is 12.8 Å². The Morgan fingerprint density at radius 3 is 2.39 bits per heavy atom. The maximum absolute atomic E-state index is 13.0. The predicted octanol–water partition coefficient (Wildman–Crippen LogP) is 3.93. The molecule has 3 aromatic carbocycles. The van der Waals surface area contributed by atoms with Crippen molar-refractivity contribution in [2.24, 2.45) is 0 Å². The summed E-state index contributed by atoms with van der Waals surface area (Å²) in [6.45, 7) is 0. The molecule has 0 saturated carbocycles. The summed E-state index contributed by atoms with van der Waals surface area (Å²) in [5.74, 6) is -0.864. The summed E-state index contributed by atoms with van der Waals surface area (Å²) < 4.78 is 45.8. The summed E-state index contributed by atoms with van der Waals surface area (Å²) in [5.41, 5.74) is 1.03. The van der Waals surface area contributed by atoms with E-state index in [1.165, 1.54) is 24.3 Å². The number of hydrogen-bond donors (Lipinski definition) is 2. The molecule has 0 bridgehead atoms. The Morgan fingerprint density at radius 2 is 1.65 bits per heavy atom. The lowest BCUT2D eigenvalue weighted by Crippen LogP contribution is -2.15. The molecule has 0 atom stereocenters. The van der Waals surface area contributed by atoms with Gasteiger partial charge in [0.05, 0.1) is 4.90 Å². The topological polar surface area (TPSA) is 114 Å². The second-order valence-corrected chi connectivity index (χ2v) is 8.06. The maximum Gasteiger partial charge on any atom is 0.322 e. The molecule has 31 heavy (non-hydrogen) atoms. The van der Waals surface area contributed by atoms with E-state index < -0.39 is 21.7 Å². The number of amides is 1. The summed E-state index contributed by atoms with van der Waals surface area (Å²) in [4.78, 5) is 12.4. The van der Waals surface area contributed by atoms with Crippen LogP contribution in [0.3, 0.4) is 0 Å². The molecule has 4 aromatic rings. The fraction of sp³-hybridized carbons (Fsp3) is 0. The van der Waals surface area contributed by atoms with Gasteiger partial charge in [0.1, 0.15) is 5.82 Å². The average Bonchev–Trinajstić information content (AvgIpc) is 3.23. The van der Waals surface area contributed by atoms with E-state index >= 15 is 0 Å². The van der Waals surface area contributed by atoms with Crippen LogP contribution < -0.4 is 10.0 Å². The van der Waals surface area contributed by atoms with Gasteiger partial charge in [-0.1, -0.05) is 29.4 Å². The number of anilines is 2. The van der Waals surface area contributed by atoms with Gasteiger partial charge in [-0.3, -0.25) is 14.8 Å². The van der Waals surface area contributed by atoms with Crippen LogP contribution in [0.2, 0.25) is 0 Å². The highest BCUT2D eigenvalue weighted by Crippen LogP contribution is 2.21. The van der Waals surface area contributed by atoms with E-state index in [9.17, 15) is 17.6 Å². The van der Waals surface area contributed by atoms with Crippen LogP contribution in [0.5, 0.6) is 0 Å². The SMILES string of the molecule is O=C(Nc1nnc(-c2ccccc2)o1)c1cccc(NS(=O)(=O)c2ccc(F)cc2)c1. The molecule has 1 heterocycles. The maximum atomic E-state index is 13.0. The molecule has 0 aliphatic carbocycles. The average molecular weight is 438 g/mol. The quantitative estimate of drug-likeness (QED) is 0.471. The zero-order valence-electron chi connectivity index (χ0n) is 15.8. The second-order valence-electron chi connectivity index (χ2n) is 6.37. The van der Waals surface area contributed by atoms with Crippen LogP contribution in [0, 0.1) is 5.82 Å². The number of benzene rings is 3. The molecule has 10 heteroatoms. The lowest BCUT2D eigenvalue weighted by atomic mass is 10.2. The van der Waals surface area contributed by atoms with Gasteiger partial charge in [-0.15, -0.1) is 5.10 Å². The summed E-state index contributed by atoms with van der Waals surface area (Å²) in [7, 11) is -3.95. The van der Waals surface area contributed by atoms with Gasteiger partial charge in [-0.2, -0.15) is 0 Å². The number of nitrogens with zero attached hydrogens (tertiary/aromatic N) is 2. The number of carbonyl (C=O) groups is 1. The van der Waals surface area contributed by atoms with E-state index in [2.05, 4.69) is 20.2 Å². The molecule has 0 spiro atoms. The van der Waals surface area contributed by atoms with Crippen LogP contribution in [-0.2, 0) is 10.0 Å². The zero-order chi connectivity index (χ0) is 21.8. The smallest absolute Gasteiger partial charge is 0.322 e. The highest BCUT2D eigenvalue weighted by molar-refractivity contribution is 7.92. The molecule has 1 aromatic heterocycles. The fourth-order valence-electron chi connectivity index (χ4n) is 2.69. The molecule has 2 N–H and O–H groups in total. The number of rotatable bonds is 6. The van der Waals surface area contributed by atoms with Crippen molar-refractivity contribution >= 4 is 27.6 Å². The number of nitrogens with one attached hydrogen (secondary N) is 2. The summed E-state index contributed by atoms with van der Waals surface area (Å²) in [6, 6.07) is 19.2. The van der Waals surface area contributed by atoms with Crippen molar-refractivity contribution < 1.29 is 22.0 Å². The first-order valence-electron chi connectivity index (χ1n) is 8.99. The van der Waals surface area contributed by atoms with Crippen LogP contribution in [-0.4, -0.2) is 24.5 Å². The first-order chi connectivity index (χ1) is 14.9. The number of hydrogen-bond acceptors (Lipinski definition) is 6. The minimum absolute atomic E-state index is 0.0962. The summed E-state index contributed by atoms with van der Waals surface area (Å²) in [5, 5.41) is 10.2. The lowest BCUT2D eigenvalue weighted by Gasteiger charge is -2.09. The molecule has 0 saturated heterocycles. The van der Waals surface area contributed by atoms with E-state index in [1.807, 2.05) is 18.2 Å². The van der Waals surface area contributed by atoms with E-state index in [0.29, 0.717) is 5.56 Å². The van der Waals surface area contributed by atoms with E-state index in [-0.39, 0.29) is 28.1 Å². The van der Waals surface area contributed by atoms with Crippen molar-refractivity contribution in [1.82, 2.24) is 10.2 Å². The van der Waals surface area contributed by atoms with Crippen molar-refractivity contribution in [3.8, 4) is 11.5 Å². The zero-order valence-corrected chi connectivity index (χ0v) is 16.6. The molecule has 0 fully saturated rings. The first-order valence-corrected chi connectivity index (χ1v) is 10.5. The largest absolute Gasteiger partial charge is 0.403 e. The highest BCUT2D eigenvalue weighted by Gasteiger charge is 2.16. The third kappa shape index (κ3) is 4.75. The fourth-order valence-corrected chi connectivity index (χ4v) is 3.74. The van der Waals surface area contributed by atoms with Crippen molar-refractivity contribution in [3.63, 3.8) is 0 Å². The highest BCUT2D eigenvalue weighted by atomic mass is 32.2. The molecular formula is C21H15FN4O4S. The van der Waals surface area contributed by atoms with Gasteiger partial charge in [-0.05, 0) is 54.6 Å². The van der Waals surface area contributed by atoms with Crippen LogP contribution in [0.4, 0.5) is 16.1 Å². The van der Waals surface area contributed by atoms with Gasteiger partial charge in [0.2, 0.25) is 5.89 Å². The minimum Gasteiger partial charge on any atom is -0.403 e. The van der Waals surface area contributed by atoms with E-state index in [0.717, 1.165) is 24.3 Å². The molecule has 156 valence electrons. The van der Waals surface area contributed by atoms with Crippen LogP contribution in [0.25, 0.3) is 11.5 Å². The van der Waals surface area contributed by atoms with E-state index in [1.54, 1.807) is 12.1 Å². The number of aromatic nitrogens is 2. The third-order valence-corrected chi connectivity index (χ3v) is 5.56. The van der Waals surface area contributed by atoms with Crippen molar-refractivity contribution in [3.05, 3.63) is 90.2 Å². The second kappa shape index (κ2) is 8.36. The molecular weight excluding hydrogens is 423 g/mol. The van der Waals surface area contributed by atoms with Gasteiger partial charge >= 0.3 is 6.01 Å². The first kappa shape index (κ1) is 20.2. The molecule has 0 radical (unpaired) electrons. The Hall–Kier alpha value is -4.05. The standard InChI is InChI=1S/C21H15FN4O4S/c22-16-9-11-18(12-10-16)31(28,29)26-17-8-4-7-15(13-17)19(27)23-21-25-24-20(30-21)14-5-2-1-3-6-14/h1-13,26H,(H,23,25,27). The molecule has 0 aliphatic heterocycles. The Kier molecular flexibility index (Phi) is 5.46. The van der Waals surface area contributed by atoms with Crippen molar-refractivity contribution in [1.29, 1.82) is 0 Å². The Bertz CT molecular complexity index is 1320. The predicted molar refractivity (Wildman–Crippen MR) is 111 cm³/mol. The van der Waals surface area contributed by atoms with E-state index in [4.69, 9.17) is 4.42 Å². The van der Waals surface area contributed by atoms with Crippen LogP contribution in [0.15, 0.2) is 88.2 Å². The molecule has 0 aliphatic rings. The summed E-state index contributed by atoms with van der Waals surface area (Å²) >= 11 is 0. The van der Waals surface area contributed by atoms with Crippen molar-refractivity contribution in [2.75, 3.05) is 10.0 Å². The van der Waals surface area contributed by atoms with Crippen LogP contribution in [0.1, 0.15) is 10.4 Å². The number of carbonyl (C=O) groups excluding carboxylic acids is 1. The van der Waals surface area contributed by atoms with Gasteiger partial charge < -0.3 is 4.42 Å². The van der Waals surface area contributed by atoms with Crippen LogP contribution >= 0.6 is 0 Å². The molecule has 1 amide bonds. The third-order valence-electron chi connectivity index (χ3n) is 4.17. The van der Waals surface area contributed by atoms with Gasteiger partial charge in [0, 0.05) is 16.8 Å². The Balaban J connectivity index is 1.48. The molecule has 4 rings (SSSR count). The monoisotopic (exact) mass is 438 g/mol. The Labute approximate surface area is 176 Å². The lowest BCUT2D eigenvalue weighted by molar-refractivity contribution is 0.102. The van der Waals surface area contributed by atoms with Gasteiger partial charge in [0.15, 0.2) is 0 Å². The summed E-state index contributed by atoms with van der Waals surface area (Å²) in [6.07, 6.45) is 0. The Morgan fingerprint density at radius 1 is 0.903 bits per heavy atom. The molecule has 8 nitrogen and oxygen atoms in total. The van der Waals surface area contributed by atoms with Crippen molar-refractivity contribution in [2.45, 2.75) is 4.90 Å². The minimum atomic E-state index is -3.95.